The van der Waals surface area contributed by atoms with Crippen LogP contribution in [-0.4, -0.2) is 12.9 Å². The molecular weight excluding hydrogens is 207 g/mol. The lowest BCUT2D eigenvalue weighted by molar-refractivity contribution is 0.101. The van der Waals surface area contributed by atoms with Crippen LogP contribution in [0.4, 0.5) is 4.39 Å². The molecule has 0 saturated heterocycles. The fourth-order valence-corrected chi connectivity index (χ4v) is 1.59. The third-order valence-electron chi connectivity index (χ3n) is 1.91. The molecule has 0 radical (unpaired) electrons. The molecule has 1 rings (SSSR count). The van der Waals surface area contributed by atoms with Crippen LogP contribution in [0.5, 0.6) is 5.75 Å². The first-order chi connectivity index (χ1) is 6.49. The molecule has 76 valence electrons. The van der Waals surface area contributed by atoms with Gasteiger partial charge in [0.15, 0.2) is 5.78 Å². The summed E-state index contributed by atoms with van der Waals surface area (Å²) >= 11 is 5.67. The Hall–Kier alpha value is -1.09. The number of methoxy groups -OCH3 is 1. The Kier molecular flexibility index (Phi) is 3.11. The van der Waals surface area contributed by atoms with E-state index in [1.807, 2.05) is 0 Å². The standard InChI is InChI=1S/C10H10ClFO2/c1-5-4-7(12)9(11)8(6(2)13)10(5)14-3/h4H,1-3H3. The highest BCUT2D eigenvalue weighted by molar-refractivity contribution is 6.34. The number of aryl methyl sites for hydroxylation is 1. The van der Waals surface area contributed by atoms with E-state index in [4.69, 9.17) is 16.3 Å². The van der Waals surface area contributed by atoms with Crippen molar-refractivity contribution in [3.63, 3.8) is 0 Å². The van der Waals surface area contributed by atoms with Crippen molar-refractivity contribution in [2.24, 2.45) is 0 Å². The maximum Gasteiger partial charge on any atom is 0.165 e. The summed E-state index contributed by atoms with van der Waals surface area (Å²) in [7, 11) is 1.42. The second-order valence-electron chi connectivity index (χ2n) is 2.95. The highest BCUT2D eigenvalue weighted by Crippen LogP contribution is 2.32. The summed E-state index contributed by atoms with van der Waals surface area (Å²) in [5.74, 6) is -0.575. The molecule has 0 aliphatic rings. The molecule has 0 saturated carbocycles. The quantitative estimate of drug-likeness (QED) is 0.711. The van der Waals surface area contributed by atoms with Gasteiger partial charge in [-0.2, -0.15) is 0 Å². The van der Waals surface area contributed by atoms with Crippen molar-refractivity contribution < 1.29 is 13.9 Å². The predicted octanol–water partition coefficient (Wildman–Crippen LogP) is 3.00. The molecule has 0 aliphatic heterocycles. The number of ether oxygens (including phenoxy) is 1. The van der Waals surface area contributed by atoms with Crippen molar-refractivity contribution in [2.75, 3.05) is 7.11 Å². The summed E-state index contributed by atoms with van der Waals surface area (Å²) < 4.78 is 18.2. The van der Waals surface area contributed by atoms with Gasteiger partial charge in [0.1, 0.15) is 11.6 Å². The predicted molar refractivity (Wildman–Crippen MR) is 52.7 cm³/mol. The van der Waals surface area contributed by atoms with E-state index >= 15 is 0 Å². The summed E-state index contributed by atoms with van der Waals surface area (Å²) in [5.41, 5.74) is 0.659. The van der Waals surface area contributed by atoms with Gasteiger partial charge in [0.2, 0.25) is 0 Å². The molecule has 1 aromatic carbocycles. The molecule has 0 N–H and O–H groups in total. The Morgan fingerprint density at radius 3 is 2.57 bits per heavy atom. The van der Waals surface area contributed by atoms with E-state index in [0.29, 0.717) is 11.3 Å². The highest BCUT2D eigenvalue weighted by Gasteiger charge is 2.18. The number of benzene rings is 1. The molecule has 4 heteroatoms. The number of hydrogen-bond donors (Lipinski definition) is 0. The highest BCUT2D eigenvalue weighted by atomic mass is 35.5. The largest absolute Gasteiger partial charge is 0.496 e. The molecule has 0 aliphatic carbocycles. The van der Waals surface area contributed by atoms with E-state index in [-0.39, 0.29) is 16.4 Å². The minimum Gasteiger partial charge on any atom is -0.496 e. The Morgan fingerprint density at radius 2 is 2.14 bits per heavy atom. The molecule has 0 atom stereocenters. The summed E-state index contributed by atoms with van der Waals surface area (Å²) in [6.07, 6.45) is 0. The Morgan fingerprint density at radius 1 is 1.57 bits per heavy atom. The van der Waals surface area contributed by atoms with Gasteiger partial charge in [0.05, 0.1) is 17.7 Å². The van der Waals surface area contributed by atoms with E-state index in [1.165, 1.54) is 20.1 Å². The molecule has 0 spiro atoms. The zero-order chi connectivity index (χ0) is 10.9. The number of Topliss-reactive ketones (excluding diaryl/α,β-unsaturated/α-hetero) is 1. The minimum atomic E-state index is -0.602. The molecule has 0 aromatic heterocycles. The van der Waals surface area contributed by atoms with E-state index in [9.17, 15) is 9.18 Å². The summed E-state index contributed by atoms with van der Waals surface area (Å²) in [6, 6.07) is 1.24. The third-order valence-corrected chi connectivity index (χ3v) is 2.28. The molecule has 0 heterocycles. The number of hydrogen-bond acceptors (Lipinski definition) is 2. The van der Waals surface area contributed by atoms with Crippen molar-refractivity contribution in [3.05, 3.63) is 28.0 Å². The third kappa shape index (κ3) is 1.73. The molecular formula is C10H10ClFO2. The fourth-order valence-electron chi connectivity index (χ4n) is 1.31. The Bertz CT molecular complexity index is 388. The van der Waals surface area contributed by atoms with Gasteiger partial charge < -0.3 is 4.74 Å². The van der Waals surface area contributed by atoms with Crippen LogP contribution in [0.15, 0.2) is 6.07 Å². The lowest BCUT2D eigenvalue weighted by Gasteiger charge is -2.11. The summed E-state index contributed by atoms with van der Waals surface area (Å²) in [5, 5.41) is -0.181. The van der Waals surface area contributed by atoms with Crippen LogP contribution in [0.2, 0.25) is 5.02 Å². The van der Waals surface area contributed by atoms with Gasteiger partial charge in [-0.1, -0.05) is 11.6 Å². The number of ketones is 1. The van der Waals surface area contributed by atoms with E-state index in [2.05, 4.69) is 0 Å². The number of carbonyl (C=O) groups excluding carboxylic acids is 1. The monoisotopic (exact) mass is 216 g/mol. The normalized spacial score (nSPS) is 10.1. The molecule has 0 unspecified atom stereocenters. The van der Waals surface area contributed by atoms with Crippen LogP contribution in [0.3, 0.4) is 0 Å². The van der Waals surface area contributed by atoms with Crippen LogP contribution >= 0.6 is 11.6 Å². The minimum absolute atomic E-state index is 0.103. The van der Waals surface area contributed by atoms with Crippen LogP contribution in [0.25, 0.3) is 0 Å². The van der Waals surface area contributed by atoms with Gasteiger partial charge in [0, 0.05) is 0 Å². The number of carbonyl (C=O) groups is 1. The van der Waals surface area contributed by atoms with Crippen LogP contribution in [0.1, 0.15) is 22.8 Å². The van der Waals surface area contributed by atoms with Crippen LogP contribution < -0.4 is 4.74 Å². The van der Waals surface area contributed by atoms with Gasteiger partial charge in [0.25, 0.3) is 0 Å². The summed E-state index contributed by atoms with van der Waals surface area (Å²) in [6.45, 7) is 2.98. The van der Waals surface area contributed by atoms with E-state index in [1.54, 1.807) is 6.92 Å². The van der Waals surface area contributed by atoms with Crippen molar-refractivity contribution in [1.82, 2.24) is 0 Å². The van der Waals surface area contributed by atoms with Gasteiger partial charge in [-0.05, 0) is 25.5 Å². The first kappa shape index (κ1) is 11.0. The van der Waals surface area contributed by atoms with Crippen molar-refractivity contribution in [1.29, 1.82) is 0 Å². The second-order valence-corrected chi connectivity index (χ2v) is 3.33. The summed E-state index contributed by atoms with van der Waals surface area (Å²) in [4.78, 5) is 11.2. The van der Waals surface area contributed by atoms with E-state index in [0.717, 1.165) is 0 Å². The van der Waals surface area contributed by atoms with Gasteiger partial charge in [-0.25, -0.2) is 4.39 Å². The second kappa shape index (κ2) is 3.96. The molecule has 14 heavy (non-hydrogen) atoms. The van der Waals surface area contributed by atoms with Crippen molar-refractivity contribution in [3.8, 4) is 5.75 Å². The molecule has 2 nitrogen and oxygen atoms in total. The first-order valence-corrected chi connectivity index (χ1v) is 4.40. The number of halogens is 2. The maximum atomic E-state index is 13.2. The molecule has 1 aromatic rings. The zero-order valence-corrected chi connectivity index (χ0v) is 8.91. The SMILES string of the molecule is COc1c(C)cc(F)c(Cl)c1C(C)=O. The Balaban J connectivity index is 3.56. The van der Waals surface area contributed by atoms with E-state index < -0.39 is 5.82 Å². The van der Waals surface area contributed by atoms with Crippen molar-refractivity contribution >= 4 is 17.4 Å². The van der Waals surface area contributed by atoms with Gasteiger partial charge in [-0.3, -0.25) is 4.79 Å². The lowest BCUT2D eigenvalue weighted by Crippen LogP contribution is -2.02. The average Bonchev–Trinajstić information content (AvgIpc) is 2.10. The average molecular weight is 217 g/mol. The van der Waals surface area contributed by atoms with Crippen LogP contribution in [-0.2, 0) is 0 Å². The smallest absolute Gasteiger partial charge is 0.165 e. The lowest BCUT2D eigenvalue weighted by atomic mass is 10.1. The maximum absolute atomic E-state index is 13.2. The van der Waals surface area contributed by atoms with Gasteiger partial charge >= 0.3 is 0 Å². The Labute approximate surface area is 86.6 Å². The number of rotatable bonds is 2. The molecule has 0 bridgehead atoms. The van der Waals surface area contributed by atoms with Crippen molar-refractivity contribution in [2.45, 2.75) is 13.8 Å². The fraction of sp³-hybridized carbons (Fsp3) is 0.300. The van der Waals surface area contributed by atoms with Crippen LogP contribution in [0, 0.1) is 12.7 Å². The van der Waals surface area contributed by atoms with Gasteiger partial charge in [-0.15, -0.1) is 0 Å². The molecule has 0 amide bonds. The zero-order valence-electron chi connectivity index (χ0n) is 8.15. The topological polar surface area (TPSA) is 26.3 Å². The molecule has 0 fully saturated rings. The first-order valence-electron chi connectivity index (χ1n) is 4.02.